The number of pyridine rings is 1. The summed E-state index contributed by atoms with van der Waals surface area (Å²) in [5.41, 5.74) is 3.44. The lowest BCUT2D eigenvalue weighted by Gasteiger charge is -2.00. The lowest BCUT2D eigenvalue weighted by Crippen LogP contribution is -2.04. The summed E-state index contributed by atoms with van der Waals surface area (Å²) < 4.78 is 6.51. The smallest absolute Gasteiger partial charge is 0.311 e. The van der Waals surface area contributed by atoms with Crippen LogP contribution < -0.4 is 0 Å². The van der Waals surface area contributed by atoms with Crippen LogP contribution in [-0.4, -0.2) is 28.2 Å². The maximum absolute atomic E-state index is 11.7. The van der Waals surface area contributed by atoms with Crippen LogP contribution in [0.5, 0.6) is 0 Å². The molecule has 26 heavy (non-hydrogen) atoms. The van der Waals surface area contributed by atoms with Gasteiger partial charge in [0.15, 0.2) is 11.6 Å². The van der Waals surface area contributed by atoms with Crippen molar-refractivity contribution in [3.63, 3.8) is 0 Å². The molecule has 0 spiro atoms. The van der Waals surface area contributed by atoms with E-state index >= 15 is 0 Å². The molecular formula is C19H18N4O3. The molecule has 0 saturated heterocycles. The molecule has 3 rings (SSSR count). The second-order valence-electron chi connectivity index (χ2n) is 5.87. The predicted octanol–water partition coefficient (Wildman–Crippen LogP) is 3.98. The van der Waals surface area contributed by atoms with Crippen LogP contribution in [-0.2, 0) is 16.0 Å². The number of azo groups is 1. The van der Waals surface area contributed by atoms with E-state index in [0.717, 1.165) is 5.56 Å². The number of aryl methyl sites for hydroxylation is 1. The molecule has 0 aliphatic heterocycles. The normalized spacial score (nSPS) is 11.2. The van der Waals surface area contributed by atoms with E-state index in [1.54, 1.807) is 28.7 Å². The zero-order chi connectivity index (χ0) is 18.7. The van der Waals surface area contributed by atoms with Gasteiger partial charge >= 0.3 is 5.97 Å². The number of Topliss-reactive ketones (excluding diaryl/α,β-unsaturated/α-hetero) is 1. The van der Waals surface area contributed by atoms with Crippen molar-refractivity contribution in [1.82, 2.24) is 9.38 Å². The van der Waals surface area contributed by atoms with Crippen molar-refractivity contribution < 1.29 is 14.3 Å². The van der Waals surface area contributed by atoms with Crippen molar-refractivity contribution in [2.24, 2.45) is 10.2 Å². The Bertz CT molecular complexity index is 1000. The first-order valence-corrected chi connectivity index (χ1v) is 8.05. The summed E-state index contributed by atoms with van der Waals surface area (Å²) in [7, 11) is 1.33. The van der Waals surface area contributed by atoms with E-state index in [1.165, 1.54) is 14.0 Å². The van der Waals surface area contributed by atoms with Gasteiger partial charge in [-0.05, 0) is 55.8 Å². The number of benzene rings is 1. The summed E-state index contributed by atoms with van der Waals surface area (Å²) in [5.74, 6) is 0.0689. The number of ether oxygens (including phenoxy) is 1. The molecule has 7 heteroatoms. The highest BCUT2D eigenvalue weighted by molar-refractivity contribution is 5.94. The van der Waals surface area contributed by atoms with Crippen LogP contribution in [0.1, 0.15) is 28.5 Å². The second kappa shape index (κ2) is 7.26. The molecule has 0 N–H and O–H groups in total. The Hall–Kier alpha value is -3.35. The van der Waals surface area contributed by atoms with Crippen LogP contribution in [0.15, 0.2) is 52.8 Å². The maximum Gasteiger partial charge on any atom is 0.311 e. The summed E-state index contributed by atoms with van der Waals surface area (Å²) in [6, 6.07) is 10.7. The second-order valence-corrected chi connectivity index (χ2v) is 5.87. The molecule has 3 aromatic rings. The average molecular weight is 350 g/mol. The van der Waals surface area contributed by atoms with Gasteiger partial charge in [0.05, 0.1) is 24.9 Å². The maximum atomic E-state index is 11.7. The van der Waals surface area contributed by atoms with Gasteiger partial charge in [-0.3, -0.25) is 14.0 Å². The topological polar surface area (TPSA) is 85.4 Å². The Kier molecular flexibility index (Phi) is 4.88. The Labute approximate surface area is 150 Å². The molecule has 0 aliphatic carbocycles. The van der Waals surface area contributed by atoms with E-state index in [9.17, 15) is 9.59 Å². The zero-order valence-electron chi connectivity index (χ0n) is 14.8. The summed E-state index contributed by atoms with van der Waals surface area (Å²) in [6.07, 6.45) is 1.85. The molecule has 0 radical (unpaired) electrons. The molecule has 0 fully saturated rings. The number of fused-ring (bicyclic) bond motifs is 1. The number of hydrogen-bond donors (Lipinski definition) is 0. The number of aromatic nitrogens is 2. The van der Waals surface area contributed by atoms with Crippen molar-refractivity contribution >= 4 is 28.9 Å². The van der Waals surface area contributed by atoms with Gasteiger partial charge in [-0.15, -0.1) is 10.2 Å². The molecular weight excluding hydrogens is 332 g/mol. The first-order valence-electron chi connectivity index (χ1n) is 8.05. The van der Waals surface area contributed by atoms with E-state index in [4.69, 9.17) is 4.74 Å². The lowest BCUT2D eigenvalue weighted by atomic mass is 10.1. The highest BCUT2D eigenvalue weighted by Crippen LogP contribution is 2.25. The number of hydrogen-bond acceptors (Lipinski definition) is 6. The quantitative estimate of drug-likeness (QED) is 0.396. The number of carbonyl (C=O) groups excluding carboxylic acids is 2. The van der Waals surface area contributed by atoms with Crippen molar-refractivity contribution in [3.8, 4) is 0 Å². The van der Waals surface area contributed by atoms with Crippen molar-refractivity contribution in [2.45, 2.75) is 20.3 Å². The highest BCUT2D eigenvalue weighted by Gasteiger charge is 2.16. The largest absolute Gasteiger partial charge is 0.469 e. The number of ketones is 1. The molecule has 7 nitrogen and oxygen atoms in total. The SMILES string of the molecule is COC(=O)Cc1nc2cc(C)ccn2c1N=Nc1ccc(C(C)=O)cc1. The first-order chi connectivity index (χ1) is 12.5. The van der Waals surface area contributed by atoms with Crippen LogP contribution in [0.25, 0.3) is 5.65 Å². The predicted molar refractivity (Wildman–Crippen MR) is 96.3 cm³/mol. The Morgan fingerprint density at radius 2 is 1.88 bits per heavy atom. The monoisotopic (exact) mass is 350 g/mol. The standard InChI is InChI=1S/C19H18N4O3/c1-12-8-9-23-17(10-12)20-16(11-18(25)26-3)19(23)22-21-15-6-4-14(5-7-15)13(2)24/h4-10H,11H2,1-3H3. The number of rotatable bonds is 5. The summed E-state index contributed by atoms with van der Waals surface area (Å²) in [4.78, 5) is 27.5. The molecule has 0 atom stereocenters. The van der Waals surface area contributed by atoms with E-state index in [2.05, 4.69) is 15.2 Å². The minimum Gasteiger partial charge on any atom is -0.469 e. The number of methoxy groups -OCH3 is 1. The fraction of sp³-hybridized carbons (Fsp3) is 0.211. The number of esters is 1. The van der Waals surface area contributed by atoms with Crippen molar-refractivity contribution in [3.05, 3.63) is 59.4 Å². The van der Waals surface area contributed by atoms with Crippen LogP contribution in [0.4, 0.5) is 11.5 Å². The van der Waals surface area contributed by atoms with Gasteiger partial charge < -0.3 is 4.74 Å². The van der Waals surface area contributed by atoms with Crippen molar-refractivity contribution in [2.75, 3.05) is 7.11 Å². The van der Waals surface area contributed by atoms with Gasteiger partial charge in [0.2, 0.25) is 0 Å². The average Bonchev–Trinajstić information content (AvgIpc) is 2.96. The Morgan fingerprint density at radius 3 is 2.54 bits per heavy atom. The highest BCUT2D eigenvalue weighted by atomic mass is 16.5. The van der Waals surface area contributed by atoms with Gasteiger partial charge in [0.25, 0.3) is 0 Å². The third-order valence-electron chi connectivity index (χ3n) is 3.90. The van der Waals surface area contributed by atoms with E-state index < -0.39 is 5.97 Å². The Balaban J connectivity index is 2.00. The van der Waals surface area contributed by atoms with Crippen LogP contribution in [0.2, 0.25) is 0 Å². The summed E-state index contributed by atoms with van der Waals surface area (Å²) in [6.45, 7) is 3.47. The van der Waals surface area contributed by atoms with Gasteiger partial charge in [-0.1, -0.05) is 0 Å². The lowest BCUT2D eigenvalue weighted by molar-refractivity contribution is -0.139. The van der Waals surface area contributed by atoms with Gasteiger partial charge in [-0.2, -0.15) is 0 Å². The van der Waals surface area contributed by atoms with Gasteiger partial charge in [-0.25, -0.2) is 4.98 Å². The Morgan fingerprint density at radius 1 is 1.15 bits per heavy atom. The minimum absolute atomic E-state index is 0.00833. The summed E-state index contributed by atoms with van der Waals surface area (Å²) >= 11 is 0. The minimum atomic E-state index is -0.396. The number of carbonyl (C=O) groups is 2. The molecule has 0 aliphatic rings. The fourth-order valence-electron chi connectivity index (χ4n) is 2.48. The number of nitrogens with zero attached hydrogens (tertiary/aromatic N) is 4. The third kappa shape index (κ3) is 3.66. The van der Waals surface area contributed by atoms with Crippen molar-refractivity contribution in [1.29, 1.82) is 0 Å². The van der Waals surface area contributed by atoms with Crippen LogP contribution >= 0.6 is 0 Å². The van der Waals surface area contributed by atoms with E-state index in [1.807, 2.05) is 25.3 Å². The molecule has 0 amide bonds. The molecule has 0 bridgehead atoms. The molecule has 2 aromatic heterocycles. The van der Waals surface area contributed by atoms with Gasteiger partial charge in [0, 0.05) is 11.8 Å². The van der Waals surface area contributed by atoms with Crippen LogP contribution in [0, 0.1) is 6.92 Å². The molecule has 1 aromatic carbocycles. The molecule has 2 heterocycles. The summed E-state index contributed by atoms with van der Waals surface area (Å²) in [5, 5.41) is 8.51. The molecule has 0 unspecified atom stereocenters. The number of imidazole rings is 1. The molecule has 132 valence electrons. The van der Waals surface area contributed by atoms with E-state index in [-0.39, 0.29) is 12.2 Å². The van der Waals surface area contributed by atoms with Crippen LogP contribution in [0.3, 0.4) is 0 Å². The van der Waals surface area contributed by atoms with E-state index in [0.29, 0.717) is 28.4 Å². The first kappa shape index (κ1) is 17.5. The fourth-order valence-corrected chi connectivity index (χ4v) is 2.48. The van der Waals surface area contributed by atoms with Gasteiger partial charge in [0.1, 0.15) is 5.65 Å². The zero-order valence-corrected chi connectivity index (χ0v) is 14.8. The molecule has 0 saturated carbocycles. The third-order valence-corrected chi connectivity index (χ3v) is 3.90.